The molecule has 1 aliphatic heterocycles. The fraction of sp³-hybridized carbons (Fsp3) is 0.353. The molecular formula is C17H21N5O2S. The van der Waals surface area contributed by atoms with Gasteiger partial charge in [0.05, 0.1) is 17.8 Å². The van der Waals surface area contributed by atoms with Gasteiger partial charge in [-0.2, -0.15) is 5.10 Å². The van der Waals surface area contributed by atoms with E-state index in [4.69, 9.17) is 5.73 Å². The number of aryl methyl sites for hydroxylation is 1. The number of aliphatic hydroxyl groups is 1. The van der Waals surface area contributed by atoms with E-state index in [0.29, 0.717) is 16.5 Å². The van der Waals surface area contributed by atoms with E-state index < -0.39 is 0 Å². The number of aromatic nitrogens is 2. The molecule has 0 bridgehead atoms. The molecule has 8 heteroatoms. The van der Waals surface area contributed by atoms with E-state index in [1.165, 1.54) is 4.68 Å². The maximum absolute atomic E-state index is 12.4. The number of thioether (sulfide) groups is 1. The van der Waals surface area contributed by atoms with Gasteiger partial charge >= 0.3 is 0 Å². The van der Waals surface area contributed by atoms with Gasteiger partial charge in [-0.05, 0) is 37.1 Å². The quantitative estimate of drug-likeness (QED) is 0.772. The molecule has 1 atom stereocenters. The number of aliphatic imine (C=N–C) groups is 1. The first kappa shape index (κ1) is 17.5. The number of carbonyl (C=O) groups excluding carboxylic acids is 1. The number of amidine groups is 1. The molecule has 4 N–H and O–H groups in total. The van der Waals surface area contributed by atoms with Crippen molar-refractivity contribution in [2.24, 2.45) is 17.8 Å². The highest BCUT2D eigenvalue weighted by Gasteiger charge is 2.29. The summed E-state index contributed by atoms with van der Waals surface area (Å²) in [5.41, 5.74) is 8.02. The zero-order valence-corrected chi connectivity index (χ0v) is 15.0. The first-order valence-corrected chi connectivity index (χ1v) is 8.93. The summed E-state index contributed by atoms with van der Waals surface area (Å²) in [6, 6.07) is 9.20. The fourth-order valence-corrected chi connectivity index (χ4v) is 3.76. The monoisotopic (exact) mass is 359 g/mol. The van der Waals surface area contributed by atoms with Gasteiger partial charge in [-0.3, -0.25) is 14.5 Å². The van der Waals surface area contributed by atoms with Gasteiger partial charge < -0.3 is 16.2 Å². The molecule has 0 saturated carbocycles. The molecule has 2 heterocycles. The topological polar surface area (TPSA) is 106 Å². The van der Waals surface area contributed by atoms with E-state index in [9.17, 15) is 9.90 Å². The molecule has 3 rings (SSSR count). The second-order valence-corrected chi connectivity index (χ2v) is 7.28. The second kappa shape index (κ2) is 6.89. The lowest BCUT2D eigenvalue weighted by molar-refractivity contribution is 0.102. The van der Waals surface area contributed by atoms with Crippen molar-refractivity contribution in [3.8, 4) is 0 Å². The van der Waals surface area contributed by atoms with Crippen LogP contribution in [0.15, 0.2) is 35.3 Å². The number of rotatable bonds is 4. The maximum atomic E-state index is 12.4. The Morgan fingerprint density at radius 2 is 2.28 bits per heavy atom. The molecule has 1 amide bonds. The highest BCUT2D eigenvalue weighted by molar-refractivity contribution is 8.13. The zero-order valence-electron chi connectivity index (χ0n) is 14.2. The first-order chi connectivity index (χ1) is 11.9. The molecule has 1 aromatic heterocycles. The summed E-state index contributed by atoms with van der Waals surface area (Å²) in [4.78, 5) is 17.0. The van der Waals surface area contributed by atoms with Crippen molar-refractivity contribution in [3.63, 3.8) is 0 Å². The first-order valence-electron chi connectivity index (χ1n) is 7.95. The van der Waals surface area contributed by atoms with Crippen molar-refractivity contribution in [3.05, 3.63) is 47.3 Å². The maximum Gasteiger partial charge on any atom is 0.276 e. The predicted octanol–water partition coefficient (Wildman–Crippen LogP) is 1.83. The Labute approximate surface area is 150 Å². The Balaban J connectivity index is 1.82. The van der Waals surface area contributed by atoms with E-state index in [0.717, 1.165) is 17.7 Å². The highest BCUT2D eigenvalue weighted by atomic mass is 32.2. The van der Waals surface area contributed by atoms with Crippen molar-refractivity contribution in [1.82, 2.24) is 9.78 Å². The van der Waals surface area contributed by atoms with Gasteiger partial charge in [0.25, 0.3) is 5.91 Å². The molecule has 0 saturated heterocycles. The molecule has 7 nitrogen and oxygen atoms in total. The van der Waals surface area contributed by atoms with Crippen molar-refractivity contribution in [1.29, 1.82) is 0 Å². The summed E-state index contributed by atoms with van der Waals surface area (Å²) >= 11 is 1.56. The van der Waals surface area contributed by atoms with Crippen LogP contribution in [0.3, 0.4) is 0 Å². The van der Waals surface area contributed by atoms with E-state index in [1.54, 1.807) is 24.9 Å². The molecule has 0 aliphatic carbocycles. The Bertz CT molecular complexity index is 832. The SMILES string of the molecule is Cn1nc(C(=O)Nc2cccc(C3(C)CCSC(N)=N3)c2)cc1CO. The van der Waals surface area contributed by atoms with Crippen molar-refractivity contribution in [2.45, 2.75) is 25.5 Å². The van der Waals surface area contributed by atoms with Gasteiger partial charge in [-0.1, -0.05) is 23.9 Å². The number of amides is 1. The average Bonchev–Trinajstić information content (AvgIpc) is 2.96. The van der Waals surface area contributed by atoms with Gasteiger partial charge in [0.1, 0.15) is 0 Å². The molecule has 25 heavy (non-hydrogen) atoms. The number of nitrogens with two attached hydrogens (primary N) is 1. The Morgan fingerprint density at radius 3 is 2.96 bits per heavy atom. The number of carbonyl (C=O) groups is 1. The molecule has 1 aliphatic rings. The van der Waals surface area contributed by atoms with E-state index in [1.807, 2.05) is 31.2 Å². The fourth-order valence-electron chi connectivity index (χ4n) is 2.79. The smallest absolute Gasteiger partial charge is 0.276 e. The number of nitrogens with one attached hydrogen (secondary N) is 1. The molecule has 0 spiro atoms. The van der Waals surface area contributed by atoms with E-state index >= 15 is 0 Å². The molecule has 1 unspecified atom stereocenters. The van der Waals surface area contributed by atoms with Crippen molar-refractivity contribution < 1.29 is 9.90 Å². The third-order valence-corrected chi connectivity index (χ3v) is 5.10. The van der Waals surface area contributed by atoms with Crippen LogP contribution in [0.4, 0.5) is 5.69 Å². The minimum atomic E-state index is -0.384. The number of anilines is 1. The molecule has 0 fully saturated rings. The minimum Gasteiger partial charge on any atom is -0.390 e. The summed E-state index contributed by atoms with van der Waals surface area (Å²) < 4.78 is 1.49. The normalized spacial score (nSPS) is 20.2. The molecule has 1 aromatic carbocycles. The number of hydrogen-bond acceptors (Lipinski definition) is 6. The lowest BCUT2D eigenvalue weighted by Gasteiger charge is -2.30. The average molecular weight is 359 g/mol. The van der Waals surface area contributed by atoms with Gasteiger partial charge in [-0.15, -0.1) is 0 Å². The highest BCUT2D eigenvalue weighted by Crippen LogP contribution is 2.35. The molecular weight excluding hydrogens is 338 g/mol. The van der Waals surface area contributed by atoms with Crippen LogP contribution in [-0.4, -0.2) is 31.7 Å². The number of aliphatic hydroxyl groups excluding tert-OH is 1. The predicted molar refractivity (Wildman–Crippen MR) is 99.6 cm³/mol. The number of nitrogens with zero attached hydrogens (tertiary/aromatic N) is 3. The van der Waals surface area contributed by atoms with Crippen molar-refractivity contribution >= 4 is 28.5 Å². The van der Waals surface area contributed by atoms with E-state index in [2.05, 4.69) is 15.4 Å². The Kier molecular flexibility index (Phi) is 4.82. The second-order valence-electron chi connectivity index (χ2n) is 6.16. The minimum absolute atomic E-state index is 0.165. The van der Waals surface area contributed by atoms with Crippen LogP contribution in [0.1, 0.15) is 35.1 Å². The molecule has 132 valence electrons. The van der Waals surface area contributed by atoms with Crippen LogP contribution in [0.5, 0.6) is 0 Å². The largest absolute Gasteiger partial charge is 0.390 e. The van der Waals surface area contributed by atoms with Crippen LogP contribution in [-0.2, 0) is 19.2 Å². The van der Waals surface area contributed by atoms with Crippen LogP contribution in [0.2, 0.25) is 0 Å². The summed E-state index contributed by atoms with van der Waals surface area (Å²) in [6.07, 6.45) is 0.885. The standard InChI is InChI=1S/C17H21N5O2S/c1-17(6-7-25-16(18)20-17)11-4-3-5-12(8-11)19-15(24)14-9-13(10-23)22(2)21-14/h3-5,8-9,23H,6-7,10H2,1-2H3,(H2,18,20)(H,19,24). The Hall–Kier alpha value is -2.32. The molecule has 2 aromatic rings. The van der Waals surface area contributed by atoms with Crippen LogP contribution >= 0.6 is 11.8 Å². The van der Waals surface area contributed by atoms with E-state index in [-0.39, 0.29) is 23.7 Å². The summed E-state index contributed by atoms with van der Waals surface area (Å²) in [5.74, 6) is 0.597. The lowest BCUT2D eigenvalue weighted by Crippen LogP contribution is -2.28. The number of hydrogen-bond donors (Lipinski definition) is 3. The lowest BCUT2D eigenvalue weighted by atomic mass is 9.89. The number of benzene rings is 1. The summed E-state index contributed by atoms with van der Waals surface area (Å²) in [7, 11) is 1.69. The van der Waals surface area contributed by atoms with Crippen LogP contribution in [0.25, 0.3) is 0 Å². The molecule has 0 radical (unpaired) electrons. The van der Waals surface area contributed by atoms with Crippen LogP contribution in [0, 0.1) is 0 Å². The van der Waals surface area contributed by atoms with Gasteiger partial charge in [0.15, 0.2) is 10.9 Å². The van der Waals surface area contributed by atoms with Gasteiger partial charge in [0, 0.05) is 18.5 Å². The summed E-state index contributed by atoms with van der Waals surface area (Å²) in [5, 5.41) is 16.8. The third-order valence-electron chi connectivity index (χ3n) is 4.31. The summed E-state index contributed by atoms with van der Waals surface area (Å²) in [6.45, 7) is 1.88. The zero-order chi connectivity index (χ0) is 18.0. The van der Waals surface area contributed by atoms with Crippen LogP contribution < -0.4 is 11.1 Å². The van der Waals surface area contributed by atoms with Gasteiger partial charge in [-0.25, -0.2) is 0 Å². The van der Waals surface area contributed by atoms with Gasteiger partial charge in [0.2, 0.25) is 0 Å². The Morgan fingerprint density at radius 1 is 1.48 bits per heavy atom. The third kappa shape index (κ3) is 3.69. The van der Waals surface area contributed by atoms with Crippen molar-refractivity contribution in [2.75, 3.05) is 11.1 Å².